The molecular weight excluding hydrogens is 490 g/mol. The molecule has 3 aliphatic heterocycles. The van der Waals surface area contributed by atoms with Gasteiger partial charge < -0.3 is 23.9 Å². The largest absolute Gasteiger partial charge is 0.486 e. The third kappa shape index (κ3) is 5.41. The van der Waals surface area contributed by atoms with Gasteiger partial charge in [-0.1, -0.05) is 17.2 Å². The molecule has 1 spiro atoms. The van der Waals surface area contributed by atoms with E-state index in [0.29, 0.717) is 49.7 Å². The number of halogens is 2. The normalized spacial score (nSPS) is 22.8. The molecular formula is C26H24F2N2O7. The fourth-order valence-electron chi connectivity index (χ4n) is 4.68. The molecule has 0 radical (unpaired) electrons. The van der Waals surface area contributed by atoms with Crippen LogP contribution in [0.3, 0.4) is 0 Å². The summed E-state index contributed by atoms with van der Waals surface area (Å²) in [5, 5.41) is 0.681. The zero-order valence-corrected chi connectivity index (χ0v) is 19.7. The Bertz CT molecular complexity index is 1190. The zero-order valence-electron chi connectivity index (χ0n) is 19.7. The maximum Gasteiger partial charge on any atom is 0.447 e. The Morgan fingerprint density at radius 3 is 2.22 bits per heavy atom. The highest BCUT2D eigenvalue weighted by molar-refractivity contribution is 5.93. The topological polar surface area (TPSA) is 94.6 Å². The number of ether oxygens (including phenoxy) is 3. The Balaban J connectivity index is 1.24. The molecule has 9 nitrogen and oxygen atoms in total. The van der Waals surface area contributed by atoms with Gasteiger partial charge in [0.15, 0.2) is 5.60 Å². The number of hydrogen-bond acceptors (Lipinski definition) is 8. The molecule has 1 amide bonds. The van der Waals surface area contributed by atoms with Gasteiger partial charge >= 0.3 is 18.0 Å². The smallest absolute Gasteiger partial charge is 0.447 e. The highest BCUT2D eigenvalue weighted by Crippen LogP contribution is 2.40. The summed E-state index contributed by atoms with van der Waals surface area (Å²) in [6.45, 7) is 1.61. The maximum atomic E-state index is 13.5. The molecule has 2 unspecified atom stereocenters. The van der Waals surface area contributed by atoms with E-state index >= 15 is 0 Å². The number of benzene rings is 2. The first-order valence-corrected chi connectivity index (χ1v) is 11.8. The van der Waals surface area contributed by atoms with Crippen molar-refractivity contribution in [1.82, 2.24) is 9.96 Å². The van der Waals surface area contributed by atoms with E-state index in [2.05, 4.69) is 4.90 Å². The lowest BCUT2D eigenvalue weighted by molar-refractivity contribution is -0.222. The number of carbonyl (C=O) groups excluding carboxylic acids is 3. The third-order valence-corrected chi connectivity index (χ3v) is 6.65. The van der Waals surface area contributed by atoms with Crippen LogP contribution in [-0.2, 0) is 23.9 Å². The van der Waals surface area contributed by atoms with E-state index < -0.39 is 36.0 Å². The number of hydrogen-bond donors (Lipinski definition) is 0. The van der Waals surface area contributed by atoms with Gasteiger partial charge in [0, 0.05) is 51.0 Å². The van der Waals surface area contributed by atoms with E-state index in [1.807, 2.05) is 0 Å². The van der Waals surface area contributed by atoms with Crippen molar-refractivity contribution in [3.05, 3.63) is 77.9 Å². The summed E-state index contributed by atoms with van der Waals surface area (Å²) >= 11 is 0. The lowest BCUT2D eigenvalue weighted by Gasteiger charge is -2.40. The van der Waals surface area contributed by atoms with Gasteiger partial charge in [0.25, 0.3) is 6.23 Å². The van der Waals surface area contributed by atoms with Crippen molar-refractivity contribution in [2.75, 3.05) is 19.6 Å². The van der Waals surface area contributed by atoms with Crippen molar-refractivity contribution >= 4 is 18.0 Å². The number of hydroxylamine groups is 2. The molecule has 2 saturated heterocycles. The molecule has 0 aromatic heterocycles. The number of fused-ring (bicyclic) bond motifs is 2. The van der Waals surface area contributed by atoms with E-state index in [-0.39, 0.29) is 11.6 Å². The van der Waals surface area contributed by atoms with Crippen molar-refractivity contribution in [3.8, 4) is 5.75 Å². The molecule has 37 heavy (non-hydrogen) atoms. The van der Waals surface area contributed by atoms with E-state index in [0.717, 1.165) is 17.7 Å². The number of amides is 1. The van der Waals surface area contributed by atoms with Crippen LogP contribution >= 0.6 is 0 Å². The minimum atomic E-state index is -1.18. The van der Waals surface area contributed by atoms with Crippen LogP contribution in [0.25, 0.3) is 0 Å². The molecule has 2 aromatic rings. The number of rotatable bonds is 6. The first-order chi connectivity index (χ1) is 17.8. The summed E-state index contributed by atoms with van der Waals surface area (Å²) in [5.74, 6) is -1.89. The summed E-state index contributed by atoms with van der Waals surface area (Å²) < 4.78 is 43.9. The molecule has 11 heteroatoms. The van der Waals surface area contributed by atoms with Crippen LogP contribution in [0.2, 0.25) is 0 Å². The van der Waals surface area contributed by atoms with Crippen molar-refractivity contribution in [1.29, 1.82) is 0 Å². The van der Waals surface area contributed by atoms with Crippen LogP contribution in [0, 0.1) is 11.6 Å². The van der Waals surface area contributed by atoms with Gasteiger partial charge in [-0.3, -0.25) is 0 Å². The number of carbonyl (C=O) groups is 3. The third-order valence-electron chi connectivity index (χ3n) is 6.65. The highest BCUT2D eigenvalue weighted by atomic mass is 19.1. The van der Waals surface area contributed by atoms with Crippen molar-refractivity contribution in [3.63, 3.8) is 0 Å². The van der Waals surface area contributed by atoms with Crippen molar-refractivity contribution in [2.45, 2.75) is 37.2 Å². The van der Waals surface area contributed by atoms with Crippen LogP contribution in [0.15, 0.2) is 60.7 Å². The quantitative estimate of drug-likeness (QED) is 0.540. The second kappa shape index (κ2) is 10.2. The summed E-state index contributed by atoms with van der Waals surface area (Å²) in [5.41, 5.74) is -0.369. The fraction of sp³-hybridized carbons (Fsp3) is 0.346. The predicted molar refractivity (Wildman–Crippen MR) is 123 cm³/mol. The Morgan fingerprint density at radius 1 is 0.919 bits per heavy atom. The summed E-state index contributed by atoms with van der Waals surface area (Å²) in [7, 11) is 0. The van der Waals surface area contributed by atoms with Gasteiger partial charge in [0.05, 0.1) is 0 Å². The molecule has 2 fully saturated rings. The monoisotopic (exact) mass is 514 g/mol. The molecule has 3 heterocycles. The second-order valence-corrected chi connectivity index (χ2v) is 9.03. The molecule has 2 atom stereocenters. The molecule has 5 rings (SSSR count). The Kier molecular flexibility index (Phi) is 6.79. The SMILES string of the molecule is O=C1/C=C/C(=O)ON2C(=O)OC3(CCN(CCC(Oc4ccc(F)cc4)c4ccc(F)cc4)CC3)C2O1. The highest BCUT2D eigenvalue weighted by Gasteiger charge is 2.59. The molecule has 194 valence electrons. The molecule has 2 aromatic carbocycles. The minimum absolute atomic E-state index is 0.342. The summed E-state index contributed by atoms with van der Waals surface area (Å²) in [6.07, 6.45) is 0.564. The second-order valence-electron chi connectivity index (χ2n) is 9.03. The average Bonchev–Trinajstić information content (AvgIpc) is 3.11. The van der Waals surface area contributed by atoms with Gasteiger partial charge in [-0.2, -0.15) is 0 Å². The van der Waals surface area contributed by atoms with E-state index in [4.69, 9.17) is 19.0 Å². The number of piperidine rings is 1. The van der Waals surface area contributed by atoms with Crippen LogP contribution in [0.4, 0.5) is 13.6 Å². The maximum absolute atomic E-state index is 13.5. The van der Waals surface area contributed by atoms with Gasteiger partial charge in [-0.05, 0) is 42.0 Å². The van der Waals surface area contributed by atoms with Crippen LogP contribution in [0.5, 0.6) is 5.75 Å². The first-order valence-electron chi connectivity index (χ1n) is 11.8. The lowest BCUT2D eigenvalue weighted by atomic mass is 9.89. The number of nitrogens with zero attached hydrogens (tertiary/aromatic N) is 2. The number of likely N-dealkylation sites (tertiary alicyclic amines) is 1. The van der Waals surface area contributed by atoms with Gasteiger partial charge in [0.1, 0.15) is 23.5 Å². The van der Waals surface area contributed by atoms with Crippen molar-refractivity contribution in [2.24, 2.45) is 0 Å². The van der Waals surface area contributed by atoms with Gasteiger partial charge in [-0.15, -0.1) is 0 Å². The molecule has 0 bridgehead atoms. The fourth-order valence-corrected chi connectivity index (χ4v) is 4.68. The lowest BCUT2D eigenvalue weighted by Crippen LogP contribution is -2.54. The molecule has 3 aliphatic rings. The standard InChI is InChI=1S/C26H24F2N2O7/c27-18-3-1-17(2-4-18)21(34-20-7-5-19(28)6-8-20)11-14-29-15-12-26(13-16-29)24-30(25(33)36-26)37-23(32)10-9-22(31)35-24/h1-10,21,24H,11-16H2/b10-9+. The number of esters is 1. The summed E-state index contributed by atoms with van der Waals surface area (Å²) in [4.78, 5) is 43.4. The molecule has 0 N–H and O–H groups in total. The Morgan fingerprint density at radius 2 is 1.54 bits per heavy atom. The first kappa shape index (κ1) is 24.7. The average molecular weight is 514 g/mol. The van der Waals surface area contributed by atoms with E-state index in [1.54, 1.807) is 12.1 Å². The zero-order chi connectivity index (χ0) is 26.0. The van der Waals surface area contributed by atoms with E-state index in [9.17, 15) is 23.2 Å². The Hall–Kier alpha value is -3.99. The van der Waals surface area contributed by atoms with Gasteiger partial charge in [-0.25, -0.2) is 23.2 Å². The van der Waals surface area contributed by atoms with Gasteiger partial charge in [0.2, 0.25) is 0 Å². The van der Waals surface area contributed by atoms with Crippen LogP contribution in [-0.4, -0.2) is 59.5 Å². The van der Waals surface area contributed by atoms with Crippen molar-refractivity contribution < 1.29 is 42.2 Å². The molecule has 0 saturated carbocycles. The van der Waals surface area contributed by atoms with Crippen LogP contribution in [0.1, 0.15) is 30.9 Å². The minimum Gasteiger partial charge on any atom is -0.486 e. The van der Waals surface area contributed by atoms with Crippen LogP contribution < -0.4 is 4.74 Å². The summed E-state index contributed by atoms with van der Waals surface area (Å²) in [6, 6.07) is 11.7. The molecule has 0 aliphatic carbocycles. The van der Waals surface area contributed by atoms with E-state index in [1.165, 1.54) is 36.4 Å². The Labute approximate surface area is 211 Å². The predicted octanol–water partition coefficient (Wildman–Crippen LogP) is 3.66.